The Kier molecular flexibility index (Phi) is 3.84. The van der Waals surface area contributed by atoms with E-state index in [1.807, 2.05) is 13.8 Å². The number of aromatic nitrogens is 2. The Morgan fingerprint density at radius 3 is 2.65 bits per heavy atom. The average Bonchev–Trinajstić information content (AvgIpc) is 2.77. The quantitative estimate of drug-likeness (QED) is 0.757. The average molecular weight is 293 g/mol. The lowest BCUT2D eigenvalue weighted by atomic mass is 10.1. The molecule has 0 fully saturated rings. The highest BCUT2D eigenvalue weighted by Crippen LogP contribution is 2.34. The molecular formula is C12H15N5O2S. The molecule has 0 aliphatic rings. The zero-order valence-corrected chi connectivity index (χ0v) is 12.2. The summed E-state index contributed by atoms with van der Waals surface area (Å²) in [5.74, 6) is -0.656. The first kappa shape index (κ1) is 14.2. The number of rotatable bonds is 3. The fraction of sp³-hybridized carbons (Fsp3) is 0.333. The van der Waals surface area contributed by atoms with E-state index < -0.39 is 0 Å². The molecule has 0 atom stereocenters. The summed E-state index contributed by atoms with van der Waals surface area (Å²) in [6.07, 6.45) is 0. The lowest BCUT2D eigenvalue weighted by Crippen LogP contribution is -2.35. The molecule has 0 unspecified atom stereocenters. The Hall–Kier alpha value is -2.22. The standard InChI is InChI=1S/C12H15N5O2S/c1-5-6(2)16-17-12-8(5)9(13)10(20-12)11(19)15-4-7(18)14-3/h4,13H2,1-3H3,(H,14,18)(H,15,19). The molecule has 0 aliphatic carbocycles. The summed E-state index contributed by atoms with van der Waals surface area (Å²) >= 11 is 1.17. The van der Waals surface area contributed by atoms with Crippen molar-refractivity contribution in [1.82, 2.24) is 20.8 Å². The second kappa shape index (κ2) is 5.41. The molecule has 106 valence electrons. The number of amides is 2. The van der Waals surface area contributed by atoms with Crippen molar-refractivity contribution < 1.29 is 9.59 Å². The minimum Gasteiger partial charge on any atom is -0.397 e. The van der Waals surface area contributed by atoms with Gasteiger partial charge in [0.25, 0.3) is 5.91 Å². The van der Waals surface area contributed by atoms with Gasteiger partial charge < -0.3 is 16.4 Å². The topological polar surface area (TPSA) is 110 Å². The number of aryl methyl sites for hydroxylation is 2. The van der Waals surface area contributed by atoms with Crippen molar-refractivity contribution in [2.75, 3.05) is 19.3 Å². The largest absolute Gasteiger partial charge is 0.397 e. The van der Waals surface area contributed by atoms with Crippen LogP contribution in [0.15, 0.2) is 0 Å². The molecule has 2 amide bonds. The fourth-order valence-corrected chi connectivity index (χ4v) is 2.76. The second-order valence-electron chi connectivity index (χ2n) is 4.29. The van der Waals surface area contributed by atoms with Crippen LogP contribution in [-0.2, 0) is 4.79 Å². The fourth-order valence-electron chi connectivity index (χ4n) is 1.74. The zero-order valence-electron chi connectivity index (χ0n) is 11.4. The van der Waals surface area contributed by atoms with Gasteiger partial charge in [-0.25, -0.2) is 0 Å². The van der Waals surface area contributed by atoms with E-state index in [0.29, 0.717) is 15.4 Å². The minimum absolute atomic E-state index is 0.0906. The van der Waals surface area contributed by atoms with Gasteiger partial charge in [-0.15, -0.1) is 16.4 Å². The van der Waals surface area contributed by atoms with Gasteiger partial charge in [-0.2, -0.15) is 5.10 Å². The van der Waals surface area contributed by atoms with E-state index >= 15 is 0 Å². The summed E-state index contributed by atoms with van der Waals surface area (Å²) in [4.78, 5) is 24.1. The van der Waals surface area contributed by atoms with Crippen molar-refractivity contribution in [2.45, 2.75) is 13.8 Å². The van der Waals surface area contributed by atoms with Crippen LogP contribution in [0.3, 0.4) is 0 Å². The highest BCUT2D eigenvalue weighted by atomic mass is 32.1. The van der Waals surface area contributed by atoms with Gasteiger partial charge in [0.2, 0.25) is 5.91 Å². The molecular weight excluding hydrogens is 278 g/mol. The van der Waals surface area contributed by atoms with Crippen molar-refractivity contribution >= 4 is 39.1 Å². The van der Waals surface area contributed by atoms with E-state index in [-0.39, 0.29) is 18.4 Å². The maximum absolute atomic E-state index is 12.0. The number of nitrogens with zero attached hydrogens (tertiary/aromatic N) is 2. The van der Waals surface area contributed by atoms with Crippen LogP contribution in [0.1, 0.15) is 20.9 Å². The number of carbonyl (C=O) groups excluding carboxylic acids is 2. The number of fused-ring (bicyclic) bond motifs is 1. The number of nitrogens with one attached hydrogen (secondary N) is 2. The normalized spacial score (nSPS) is 10.6. The third kappa shape index (κ3) is 2.42. The van der Waals surface area contributed by atoms with Gasteiger partial charge in [-0.05, 0) is 19.4 Å². The molecule has 0 spiro atoms. The van der Waals surface area contributed by atoms with Crippen LogP contribution in [-0.4, -0.2) is 35.6 Å². The molecule has 2 aromatic heterocycles. The number of anilines is 1. The van der Waals surface area contributed by atoms with E-state index in [4.69, 9.17) is 5.73 Å². The van der Waals surface area contributed by atoms with Gasteiger partial charge in [0, 0.05) is 12.4 Å². The molecule has 0 aliphatic heterocycles. The summed E-state index contributed by atoms with van der Waals surface area (Å²) in [7, 11) is 1.50. The van der Waals surface area contributed by atoms with E-state index in [2.05, 4.69) is 20.8 Å². The molecule has 4 N–H and O–H groups in total. The molecule has 20 heavy (non-hydrogen) atoms. The summed E-state index contributed by atoms with van der Waals surface area (Å²) in [6.45, 7) is 3.64. The Bertz CT molecular complexity index is 695. The van der Waals surface area contributed by atoms with Crippen molar-refractivity contribution in [2.24, 2.45) is 0 Å². The molecule has 2 rings (SSSR count). The van der Waals surface area contributed by atoms with Crippen LogP contribution >= 0.6 is 11.3 Å². The lowest BCUT2D eigenvalue weighted by Gasteiger charge is -2.03. The monoisotopic (exact) mass is 293 g/mol. The Morgan fingerprint density at radius 2 is 2.00 bits per heavy atom. The summed E-state index contributed by atoms with van der Waals surface area (Å²) < 4.78 is 0. The first-order chi connectivity index (χ1) is 9.45. The van der Waals surface area contributed by atoms with Gasteiger partial charge in [0.05, 0.1) is 17.9 Å². The van der Waals surface area contributed by atoms with Crippen LogP contribution in [0, 0.1) is 13.8 Å². The highest BCUT2D eigenvalue weighted by molar-refractivity contribution is 7.21. The molecule has 8 heteroatoms. The van der Waals surface area contributed by atoms with E-state index in [1.165, 1.54) is 18.4 Å². The zero-order chi connectivity index (χ0) is 14.9. The number of nitrogens with two attached hydrogens (primary N) is 1. The van der Waals surface area contributed by atoms with Crippen molar-refractivity contribution in [3.05, 3.63) is 16.1 Å². The van der Waals surface area contributed by atoms with Crippen LogP contribution in [0.5, 0.6) is 0 Å². The lowest BCUT2D eigenvalue weighted by molar-refractivity contribution is -0.119. The maximum atomic E-state index is 12.0. The Labute approximate surface area is 119 Å². The van der Waals surface area contributed by atoms with Gasteiger partial charge in [0.15, 0.2) is 0 Å². The molecule has 0 saturated carbocycles. The molecule has 0 bridgehead atoms. The number of hydrogen-bond acceptors (Lipinski definition) is 6. The third-order valence-electron chi connectivity index (χ3n) is 3.03. The van der Waals surface area contributed by atoms with Crippen LogP contribution < -0.4 is 16.4 Å². The smallest absolute Gasteiger partial charge is 0.264 e. The van der Waals surface area contributed by atoms with Crippen molar-refractivity contribution in [3.63, 3.8) is 0 Å². The van der Waals surface area contributed by atoms with Gasteiger partial charge in [-0.1, -0.05) is 0 Å². The van der Waals surface area contributed by atoms with E-state index in [1.54, 1.807) is 0 Å². The van der Waals surface area contributed by atoms with Gasteiger partial charge in [0.1, 0.15) is 9.71 Å². The van der Waals surface area contributed by atoms with Gasteiger partial charge >= 0.3 is 0 Å². The maximum Gasteiger partial charge on any atom is 0.264 e. The number of thiophene rings is 1. The third-order valence-corrected chi connectivity index (χ3v) is 4.12. The molecule has 0 saturated heterocycles. The molecule has 7 nitrogen and oxygen atoms in total. The SMILES string of the molecule is CNC(=O)CNC(=O)c1sc2nnc(C)c(C)c2c1N. The second-order valence-corrected chi connectivity index (χ2v) is 5.29. The molecule has 2 aromatic rings. The number of likely N-dealkylation sites (N-methyl/N-ethyl adjacent to an activating group) is 1. The Morgan fingerprint density at radius 1 is 1.30 bits per heavy atom. The van der Waals surface area contributed by atoms with Gasteiger partial charge in [-0.3, -0.25) is 9.59 Å². The van der Waals surface area contributed by atoms with Crippen molar-refractivity contribution in [3.8, 4) is 0 Å². The number of nitrogen functional groups attached to an aromatic ring is 1. The predicted octanol–water partition coefficient (Wildman–Crippen LogP) is 0.366. The number of hydrogen-bond donors (Lipinski definition) is 3. The van der Waals surface area contributed by atoms with Crippen LogP contribution in [0.4, 0.5) is 5.69 Å². The summed E-state index contributed by atoms with van der Waals surface area (Å²) in [5.41, 5.74) is 8.10. The van der Waals surface area contributed by atoms with E-state index in [9.17, 15) is 9.59 Å². The van der Waals surface area contributed by atoms with Crippen LogP contribution in [0.25, 0.3) is 10.2 Å². The molecule has 0 aromatic carbocycles. The first-order valence-corrected chi connectivity index (χ1v) is 6.78. The molecule has 0 radical (unpaired) electrons. The summed E-state index contributed by atoms with van der Waals surface area (Å²) in [5, 5.41) is 13.8. The number of carbonyl (C=O) groups is 2. The van der Waals surface area contributed by atoms with E-state index in [0.717, 1.165) is 16.6 Å². The minimum atomic E-state index is -0.383. The predicted molar refractivity (Wildman–Crippen MR) is 77.7 cm³/mol. The first-order valence-electron chi connectivity index (χ1n) is 5.96. The highest BCUT2D eigenvalue weighted by Gasteiger charge is 2.20. The van der Waals surface area contributed by atoms with Crippen molar-refractivity contribution in [1.29, 1.82) is 0 Å². The molecule has 2 heterocycles. The Balaban J connectivity index is 2.36. The van der Waals surface area contributed by atoms with Crippen LogP contribution in [0.2, 0.25) is 0 Å². The summed E-state index contributed by atoms with van der Waals surface area (Å²) in [6, 6.07) is 0.